The standard InChI is InChI=1S/C26H30N6O5/c1-4-30(5-2)17-6-7-18-16(3)19(23(34)37-21(18)12-17)8-10-32-24(35)26(29-25(32)36)9-11-31(14-26)22(33)20-13-27-15-28-20/h6-7,12-13,15H,4-5,8-11,14H2,1-3H3,(H,27,28)(H,29,36). The lowest BCUT2D eigenvalue weighted by Gasteiger charge is -2.22. The first-order valence-electron chi connectivity index (χ1n) is 12.5. The molecule has 2 aliphatic rings. The number of aromatic nitrogens is 2. The maximum atomic E-state index is 13.3. The number of urea groups is 1. The van der Waals surface area contributed by atoms with Gasteiger partial charge in [-0.15, -0.1) is 0 Å². The minimum absolute atomic E-state index is 0.0373. The second-order valence-corrected chi connectivity index (χ2v) is 9.51. The van der Waals surface area contributed by atoms with E-state index in [1.165, 1.54) is 17.4 Å². The van der Waals surface area contributed by atoms with E-state index in [-0.39, 0.29) is 31.3 Å². The zero-order valence-electron chi connectivity index (χ0n) is 21.2. The first kappa shape index (κ1) is 24.5. The zero-order valence-corrected chi connectivity index (χ0v) is 21.2. The van der Waals surface area contributed by atoms with E-state index >= 15 is 0 Å². The molecule has 1 unspecified atom stereocenters. The Morgan fingerprint density at radius 2 is 2.00 bits per heavy atom. The predicted molar refractivity (Wildman–Crippen MR) is 137 cm³/mol. The second kappa shape index (κ2) is 9.38. The number of H-pyrrole nitrogens is 1. The highest BCUT2D eigenvalue weighted by Gasteiger charge is 2.55. The number of nitrogens with one attached hydrogen (secondary N) is 2. The average Bonchev–Trinajstić information content (AvgIpc) is 3.61. The highest BCUT2D eigenvalue weighted by molar-refractivity contribution is 6.08. The van der Waals surface area contributed by atoms with Gasteiger partial charge in [0.05, 0.1) is 19.1 Å². The van der Waals surface area contributed by atoms with E-state index in [2.05, 4.69) is 34.0 Å². The molecule has 2 fully saturated rings. The van der Waals surface area contributed by atoms with Crippen LogP contribution in [0.2, 0.25) is 0 Å². The van der Waals surface area contributed by atoms with Crippen molar-refractivity contribution in [2.24, 2.45) is 0 Å². The van der Waals surface area contributed by atoms with Crippen LogP contribution in [-0.2, 0) is 11.2 Å². The Kier molecular flexibility index (Phi) is 6.22. The molecule has 2 aliphatic heterocycles. The number of fused-ring (bicyclic) bond motifs is 1. The van der Waals surface area contributed by atoms with Gasteiger partial charge < -0.3 is 24.5 Å². The van der Waals surface area contributed by atoms with Crippen molar-refractivity contribution in [3.05, 3.63) is 58.0 Å². The smallest absolute Gasteiger partial charge is 0.339 e. The monoisotopic (exact) mass is 506 g/mol. The van der Waals surface area contributed by atoms with Gasteiger partial charge in [0.2, 0.25) is 0 Å². The topological polar surface area (TPSA) is 132 Å². The molecule has 2 N–H and O–H groups in total. The number of carbonyl (C=O) groups excluding carboxylic acids is 3. The van der Waals surface area contributed by atoms with E-state index in [4.69, 9.17) is 4.42 Å². The van der Waals surface area contributed by atoms with Crippen LogP contribution >= 0.6 is 0 Å². The number of nitrogens with zero attached hydrogens (tertiary/aromatic N) is 4. The van der Waals surface area contributed by atoms with Gasteiger partial charge in [0.15, 0.2) is 0 Å². The summed E-state index contributed by atoms with van der Waals surface area (Å²) in [6.45, 7) is 8.12. The van der Waals surface area contributed by atoms with Gasteiger partial charge in [-0.05, 0) is 51.3 Å². The van der Waals surface area contributed by atoms with Crippen LogP contribution < -0.4 is 15.8 Å². The van der Waals surface area contributed by atoms with Crippen molar-refractivity contribution in [2.45, 2.75) is 39.2 Å². The lowest BCUT2D eigenvalue weighted by Crippen LogP contribution is -2.50. The Morgan fingerprint density at radius 3 is 2.70 bits per heavy atom. The Hall–Kier alpha value is -4.15. The maximum absolute atomic E-state index is 13.3. The molecule has 11 heteroatoms. The number of benzene rings is 1. The number of aromatic amines is 1. The van der Waals surface area contributed by atoms with Crippen molar-refractivity contribution in [2.75, 3.05) is 37.6 Å². The minimum Gasteiger partial charge on any atom is -0.422 e. The molecule has 194 valence electrons. The summed E-state index contributed by atoms with van der Waals surface area (Å²) in [6.07, 6.45) is 3.34. The molecule has 11 nitrogen and oxygen atoms in total. The molecule has 37 heavy (non-hydrogen) atoms. The van der Waals surface area contributed by atoms with Crippen LogP contribution in [0.4, 0.5) is 10.5 Å². The van der Waals surface area contributed by atoms with Crippen LogP contribution in [0.3, 0.4) is 0 Å². The molecule has 0 saturated carbocycles. The molecule has 2 aromatic heterocycles. The summed E-state index contributed by atoms with van der Waals surface area (Å²) in [5.74, 6) is -0.660. The summed E-state index contributed by atoms with van der Waals surface area (Å²) in [5, 5.41) is 3.62. The largest absolute Gasteiger partial charge is 0.422 e. The quantitative estimate of drug-likeness (QED) is 0.370. The van der Waals surface area contributed by atoms with Gasteiger partial charge in [-0.25, -0.2) is 14.6 Å². The molecule has 0 bridgehead atoms. The molecule has 4 heterocycles. The Bertz CT molecular complexity index is 1430. The van der Waals surface area contributed by atoms with Crippen molar-refractivity contribution < 1.29 is 18.8 Å². The fourth-order valence-electron chi connectivity index (χ4n) is 5.36. The summed E-state index contributed by atoms with van der Waals surface area (Å²) in [5.41, 5.74) is 1.40. The van der Waals surface area contributed by atoms with Gasteiger partial charge in [0.1, 0.15) is 16.8 Å². The third kappa shape index (κ3) is 4.13. The van der Waals surface area contributed by atoms with Gasteiger partial charge >= 0.3 is 11.7 Å². The van der Waals surface area contributed by atoms with Gasteiger partial charge in [-0.3, -0.25) is 14.5 Å². The number of likely N-dealkylation sites (tertiary alicyclic amines) is 1. The number of hydrogen-bond donors (Lipinski definition) is 2. The number of aryl methyl sites for hydroxylation is 1. The van der Waals surface area contributed by atoms with Crippen LogP contribution in [-0.4, -0.2) is 75.9 Å². The number of amides is 4. The van der Waals surface area contributed by atoms with Gasteiger partial charge in [0, 0.05) is 48.9 Å². The molecule has 1 spiro atoms. The lowest BCUT2D eigenvalue weighted by molar-refractivity contribution is -0.130. The summed E-state index contributed by atoms with van der Waals surface area (Å²) in [7, 11) is 0. The molecule has 2 saturated heterocycles. The maximum Gasteiger partial charge on any atom is 0.339 e. The van der Waals surface area contributed by atoms with Crippen LogP contribution in [0.5, 0.6) is 0 Å². The van der Waals surface area contributed by atoms with Crippen LogP contribution in [0.15, 0.2) is 39.9 Å². The van der Waals surface area contributed by atoms with E-state index in [1.54, 1.807) is 0 Å². The van der Waals surface area contributed by atoms with Crippen LogP contribution in [0, 0.1) is 6.92 Å². The van der Waals surface area contributed by atoms with E-state index in [9.17, 15) is 19.2 Å². The summed E-state index contributed by atoms with van der Waals surface area (Å²) in [4.78, 5) is 63.1. The molecule has 1 aromatic carbocycles. The SMILES string of the molecule is CCN(CC)c1ccc2c(C)c(CCN3C(=O)NC4(CCN(C(=O)c5cnc[nH]5)C4)C3=O)c(=O)oc2c1. The fourth-order valence-corrected chi connectivity index (χ4v) is 5.36. The predicted octanol–water partition coefficient (Wildman–Crippen LogP) is 2.05. The molecular weight excluding hydrogens is 476 g/mol. The Morgan fingerprint density at radius 1 is 1.22 bits per heavy atom. The van der Waals surface area contributed by atoms with Crippen molar-refractivity contribution in [3.63, 3.8) is 0 Å². The van der Waals surface area contributed by atoms with Crippen LogP contribution in [0.25, 0.3) is 11.0 Å². The molecule has 1 atom stereocenters. The van der Waals surface area contributed by atoms with Crippen molar-refractivity contribution in [3.8, 4) is 0 Å². The summed E-state index contributed by atoms with van der Waals surface area (Å²) in [6, 6.07) is 5.30. The number of imidazole rings is 1. The van der Waals surface area contributed by atoms with Crippen molar-refractivity contribution in [1.82, 2.24) is 25.1 Å². The second-order valence-electron chi connectivity index (χ2n) is 9.51. The first-order chi connectivity index (χ1) is 17.8. The molecule has 3 aromatic rings. The number of imide groups is 1. The van der Waals surface area contributed by atoms with Gasteiger partial charge in [-0.1, -0.05) is 0 Å². The normalized spacial score (nSPS) is 19.3. The van der Waals surface area contributed by atoms with E-state index in [0.29, 0.717) is 29.8 Å². The summed E-state index contributed by atoms with van der Waals surface area (Å²) >= 11 is 0. The van der Waals surface area contributed by atoms with Gasteiger partial charge in [-0.2, -0.15) is 0 Å². The zero-order chi connectivity index (χ0) is 26.3. The Balaban J connectivity index is 1.32. The highest BCUT2D eigenvalue weighted by Crippen LogP contribution is 2.30. The van der Waals surface area contributed by atoms with Crippen molar-refractivity contribution in [1.29, 1.82) is 0 Å². The van der Waals surface area contributed by atoms with E-state index < -0.39 is 17.2 Å². The molecule has 4 amide bonds. The van der Waals surface area contributed by atoms with Crippen molar-refractivity contribution >= 4 is 34.5 Å². The Labute approximate surface area is 213 Å². The van der Waals surface area contributed by atoms with E-state index in [0.717, 1.165) is 34.6 Å². The number of hydrogen-bond acceptors (Lipinski definition) is 7. The first-order valence-corrected chi connectivity index (χ1v) is 12.5. The van der Waals surface area contributed by atoms with Gasteiger partial charge in [0.25, 0.3) is 11.8 Å². The molecule has 0 radical (unpaired) electrons. The summed E-state index contributed by atoms with van der Waals surface area (Å²) < 4.78 is 5.65. The van der Waals surface area contributed by atoms with E-state index in [1.807, 2.05) is 25.1 Å². The third-order valence-electron chi connectivity index (χ3n) is 7.52. The van der Waals surface area contributed by atoms with Crippen LogP contribution in [0.1, 0.15) is 41.9 Å². The minimum atomic E-state index is -1.16. The number of anilines is 1. The average molecular weight is 507 g/mol. The third-order valence-corrected chi connectivity index (χ3v) is 7.52. The molecule has 5 rings (SSSR count). The fraction of sp³-hybridized carbons (Fsp3) is 0.423. The number of carbonyl (C=O) groups is 3. The molecule has 0 aliphatic carbocycles. The molecular formula is C26H30N6O5. The number of rotatable bonds is 7. The highest BCUT2D eigenvalue weighted by atomic mass is 16.4. The lowest BCUT2D eigenvalue weighted by atomic mass is 9.98.